The van der Waals surface area contributed by atoms with Crippen molar-refractivity contribution in [3.05, 3.63) is 12.2 Å². The Hall–Kier alpha value is -1.93. The molecule has 0 bridgehead atoms. The Morgan fingerprint density at radius 3 is 2.28 bits per heavy atom. The summed E-state index contributed by atoms with van der Waals surface area (Å²) in [6.07, 6.45) is 14.8. The van der Waals surface area contributed by atoms with Gasteiger partial charge in [0.05, 0.1) is 13.0 Å². The molecule has 2 unspecified atom stereocenters. The van der Waals surface area contributed by atoms with E-state index in [1.807, 2.05) is 27.7 Å². The lowest BCUT2D eigenvalue weighted by atomic mass is 9.85. The van der Waals surface area contributed by atoms with Crippen LogP contribution in [0.1, 0.15) is 126 Å². The van der Waals surface area contributed by atoms with Gasteiger partial charge in [-0.3, -0.25) is 14.4 Å². The van der Waals surface area contributed by atoms with Gasteiger partial charge in [-0.1, -0.05) is 78.9 Å². The number of carbonyl (C=O) groups is 3. The molecular weight excluding hydrogens is 496 g/mol. The number of hydrogen-bond acceptors (Lipinski definition) is 5. The molecule has 1 aliphatic heterocycles. The third-order valence-corrected chi connectivity index (χ3v) is 7.35. The maximum Gasteiger partial charge on any atom is 0.305 e. The minimum absolute atomic E-state index is 0.0137. The van der Waals surface area contributed by atoms with Crippen molar-refractivity contribution < 1.29 is 29.0 Å². The molecule has 0 spiro atoms. The second-order valence-corrected chi connectivity index (χ2v) is 12.8. The zero-order valence-electron chi connectivity index (χ0n) is 25.7. The second kappa shape index (κ2) is 17.0. The summed E-state index contributed by atoms with van der Waals surface area (Å²) in [6.45, 7) is 14.3. The highest BCUT2D eigenvalue weighted by atomic mass is 16.7. The fourth-order valence-corrected chi connectivity index (χ4v) is 4.68. The van der Waals surface area contributed by atoms with Crippen LogP contribution >= 0.6 is 0 Å². The molecule has 0 radical (unpaired) electrons. The number of ether oxygens (including phenoxy) is 2. The van der Waals surface area contributed by atoms with Crippen molar-refractivity contribution in [2.45, 2.75) is 143 Å². The highest BCUT2D eigenvalue weighted by Crippen LogP contribution is 2.35. The van der Waals surface area contributed by atoms with Crippen LogP contribution in [-0.4, -0.2) is 54.0 Å². The van der Waals surface area contributed by atoms with E-state index < -0.39 is 34.7 Å². The number of carbonyl (C=O) groups excluding carboxylic acids is 2. The van der Waals surface area contributed by atoms with Crippen LogP contribution in [0.15, 0.2) is 12.2 Å². The predicted octanol–water partition coefficient (Wildman–Crippen LogP) is 6.13. The average Bonchev–Trinajstić information content (AvgIpc) is 2.84. The van der Waals surface area contributed by atoms with Gasteiger partial charge in [-0.25, -0.2) is 0 Å². The number of carboxylic acids is 1. The molecule has 1 fully saturated rings. The molecule has 1 rings (SSSR count). The Morgan fingerprint density at radius 2 is 1.64 bits per heavy atom. The largest absolute Gasteiger partial charge is 0.481 e. The summed E-state index contributed by atoms with van der Waals surface area (Å²) in [5, 5.41) is 15.2. The van der Waals surface area contributed by atoms with Gasteiger partial charge in [-0.2, -0.15) is 0 Å². The lowest BCUT2D eigenvalue weighted by Crippen LogP contribution is -2.57. The fourth-order valence-electron chi connectivity index (χ4n) is 4.68. The average molecular weight is 553 g/mol. The number of hydrogen-bond donors (Lipinski definition) is 3. The Bertz CT molecular complexity index is 790. The first kappa shape index (κ1) is 35.1. The van der Waals surface area contributed by atoms with Crippen LogP contribution in [0.25, 0.3) is 0 Å². The first-order chi connectivity index (χ1) is 18.2. The smallest absolute Gasteiger partial charge is 0.305 e. The summed E-state index contributed by atoms with van der Waals surface area (Å²) < 4.78 is 11.6. The number of rotatable bonds is 19. The lowest BCUT2D eigenvalue weighted by molar-refractivity contribution is -0.304. The number of unbranched alkanes of at least 4 members (excludes halogenated alkanes) is 6. The van der Waals surface area contributed by atoms with E-state index in [2.05, 4.69) is 29.7 Å². The molecule has 0 aromatic carbocycles. The van der Waals surface area contributed by atoms with E-state index in [4.69, 9.17) is 9.47 Å². The van der Waals surface area contributed by atoms with E-state index >= 15 is 0 Å². The summed E-state index contributed by atoms with van der Waals surface area (Å²) >= 11 is 0. The molecule has 0 aromatic rings. The summed E-state index contributed by atoms with van der Waals surface area (Å²) in [6, 6.07) is -0.549. The van der Waals surface area contributed by atoms with Crippen LogP contribution in [0.4, 0.5) is 0 Å². The molecule has 2 amide bonds. The Balaban J connectivity index is 2.41. The van der Waals surface area contributed by atoms with E-state index in [1.54, 1.807) is 13.8 Å². The first-order valence-corrected chi connectivity index (χ1v) is 15.0. The molecule has 8 nitrogen and oxygen atoms in total. The van der Waals surface area contributed by atoms with Gasteiger partial charge in [0.1, 0.15) is 6.10 Å². The molecule has 8 heteroatoms. The van der Waals surface area contributed by atoms with Crippen LogP contribution in [0, 0.1) is 10.8 Å². The normalized spacial score (nSPS) is 19.5. The van der Waals surface area contributed by atoms with Crippen molar-refractivity contribution >= 4 is 17.8 Å². The first-order valence-electron chi connectivity index (χ1n) is 15.0. The molecule has 1 heterocycles. The summed E-state index contributed by atoms with van der Waals surface area (Å²) in [7, 11) is 0. The Kier molecular flexibility index (Phi) is 15.3. The molecule has 226 valence electrons. The third kappa shape index (κ3) is 14.3. The zero-order chi connectivity index (χ0) is 29.5. The van der Waals surface area contributed by atoms with Gasteiger partial charge >= 0.3 is 5.97 Å². The molecule has 1 saturated heterocycles. The second-order valence-electron chi connectivity index (χ2n) is 12.8. The minimum atomic E-state index is -0.981. The van der Waals surface area contributed by atoms with Crippen LogP contribution in [0.3, 0.4) is 0 Å². The van der Waals surface area contributed by atoms with Gasteiger partial charge in [-0.05, 0) is 52.4 Å². The number of nitrogens with one attached hydrogen (secondary N) is 2. The van der Waals surface area contributed by atoms with Gasteiger partial charge < -0.3 is 25.2 Å². The van der Waals surface area contributed by atoms with Crippen molar-refractivity contribution in [1.82, 2.24) is 10.6 Å². The van der Waals surface area contributed by atoms with Crippen LogP contribution in [0.5, 0.6) is 0 Å². The maximum atomic E-state index is 13.0. The molecular formula is C31H56N2O6. The molecule has 2 atom stereocenters. The molecule has 1 aliphatic rings. The Labute approximate surface area is 237 Å². The molecule has 39 heavy (non-hydrogen) atoms. The van der Waals surface area contributed by atoms with Crippen molar-refractivity contribution in [3.8, 4) is 0 Å². The quantitative estimate of drug-likeness (QED) is 0.131. The van der Waals surface area contributed by atoms with E-state index in [0.29, 0.717) is 26.0 Å². The maximum absolute atomic E-state index is 13.0. The molecule has 0 saturated carbocycles. The van der Waals surface area contributed by atoms with Crippen LogP contribution in [0.2, 0.25) is 0 Å². The van der Waals surface area contributed by atoms with E-state index in [1.165, 1.54) is 32.1 Å². The SMILES string of the molecule is CCCCC=CCCCCCCC(C)(C)C(=O)NCCCC(CC(=O)O)NC(=O)C1OC(C)(C)OCC1(C)C. The highest BCUT2D eigenvalue weighted by molar-refractivity contribution is 5.83. The van der Waals surface area contributed by atoms with Gasteiger partial charge in [0.15, 0.2) is 5.79 Å². The van der Waals surface area contributed by atoms with E-state index in [9.17, 15) is 19.5 Å². The molecule has 3 N–H and O–H groups in total. The number of aliphatic carboxylic acids is 1. The van der Waals surface area contributed by atoms with Crippen LogP contribution in [-0.2, 0) is 23.9 Å². The summed E-state index contributed by atoms with van der Waals surface area (Å²) in [4.78, 5) is 37.3. The zero-order valence-corrected chi connectivity index (χ0v) is 25.7. The summed E-state index contributed by atoms with van der Waals surface area (Å²) in [5.41, 5.74) is -0.994. The lowest BCUT2D eigenvalue weighted by Gasteiger charge is -2.45. The Morgan fingerprint density at radius 1 is 1.00 bits per heavy atom. The van der Waals surface area contributed by atoms with Crippen molar-refractivity contribution in [2.24, 2.45) is 10.8 Å². The topological polar surface area (TPSA) is 114 Å². The monoisotopic (exact) mass is 552 g/mol. The predicted molar refractivity (Wildman–Crippen MR) is 155 cm³/mol. The van der Waals surface area contributed by atoms with Gasteiger partial charge in [-0.15, -0.1) is 0 Å². The number of carboxylic acid groups (broad SMARTS) is 1. The standard InChI is InChI=1S/C31H56N2O6/c1-8-9-10-11-12-13-14-15-16-17-20-29(2,3)28(37)32-21-18-19-24(22-25(34)35)33-27(36)26-30(4,5)23-38-31(6,7)39-26/h11-12,24,26H,8-10,13-23H2,1-7H3,(H,32,37)(H,33,36)(H,34,35). The van der Waals surface area contributed by atoms with Crippen molar-refractivity contribution in [3.63, 3.8) is 0 Å². The van der Waals surface area contributed by atoms with Gasteiger partial charge in [0.25, 0.3) is 0 Å². The minimum Gasteiger partial charge on any atom is -0.481 e. The van der Waals surface area contributed by atoms with Gasteiger partial charge in [0.2, 0.25) is 11.8 Å². The summed E-state index contributed by atoms with van der Waals surface area (Å²) in [5.74, 6) is -2.19. The van der Waals surface area contributed by atoms with E-state index in [-0.39, 0.29) is 18.2 Å². The number of allylic oxidation sites excluding steroid dienone is 2. The van der Waals surface area contributed by atoms with Crippen molar-refractivity contribution in [1.29, 1.82) is 0 Å². The van der Waals surface area contributed by atoms with Crippen LogP contribution < -0.4 is 10.6 Å². The highest BCUT2D eigenvalue weighted by Gasteiger charge is 2.46. The molecule has 0 aliphatic carbocycles. The van der Waals surface area contributed by atoms with Gasteiger partial charge in [0, 0.05) is 23.4 Å². The van der Waals surface area contributed by atoms with Crippen molar-refractivity contribution in [2.75, 3.05) is 13.2 Å². The number of amides is 2. The van der Waals surface area contributed by atoms with E-state index in [0.717, 1.165) is 25.7 Å². The third-order valence-electron chi connectivity index (χ3n) is 7.35. The molecule has 0 aromatic heterocycles. The fraction of sp³-hybridized carbons (Fsp3) is 0.839.